The van der Waals surface area contributed by atoms with Gasteiger partial charge in [0.1, 0.15) is 11.9 Å². The molecule has 0 radical (unpaired) electrons. The largest absolute Gasteiger partial charge is 0.489 e. The molecule has 1 saturated heterocycles. The van der Waals surface area contributed by atoms with Crippen LogP contribution in [0.5, 0.6) is 5.75 Å². The molecule has 1 heterocycles. The van der Waals surface area contributed by atoms with E-state index in [1.807, 2.05) is 0 Å². The summed E-state index contributed by atoms with van der Waals surface area (Å²) in [7, 11) is -1.99. The van der Waals surface area contributed by atoms with Gasteiger partial charge in [-0.3, -0.25) is 0 Å². The van der Waals surface area contributed by atoms with E-state index in [9.17, 15) is 8.42 Å². The summed E-state index contributed by atoms with van der Waals surface area (Å²) in [5.74, 6) is 0.586. The van der Waals surface area contributed by atoms with Crippen LogP contribution in [-0.4, -0.2) is 39.0 Å². The van der Waals surface area contributed by atoms with E-state index in [1.165, 1.54) is 11.4 Å². The van der Waals surface area contributed by atoms with E-state index >= 15 is 0 Å². The molecule has 0 spiro atoms. The molecule has 0 unspecified atom stereocenters. The van der Waals surface area contributed by atoms with Gasteiger partial charge < -0.3 is 4.74 Å². The second-order valence-corrected chi connectivity index (χ2v) is 6.86. The van der Waals surface area contributed by atoms with Crippen molar-refractivity contribution >= 4 is 33.4 Å². The second kappa shape index (κ2) is 5.85. The van der Waals surface area contributed by atoms with Crippen molar-refractivity contribution in [2.45, 2.75) is 12.5 Å². The van der Waals surface area contributed by atoms with Crippen LogP contribution in [0, 0.1) is 0 Å². The summed E-state index contributed by atoms with van der Waals surface area (Å²) in [6.45, 7) is 0.762. The molecular formula is C11H14Cl2N2O3S. The third-order valence-electron chi connectivity index (χ3n) is 2.90. The van der Waals surface area contributed by atoms with Gasteiger partial charge in [0.2, 0.25) is 0 Å². The number of hydrogen-bond acceptors (Lipinski definition) is 3. The number of nitrogens with one attached hydrogen (secondary N) is 1. The van der Waals surface area contributed by atoms with Crippen molar-refractivity contribution in [2.24, 2.45) is 0 Å². The van der Waals surface area contributed by atoms with E-state index in [1.54, 1.807) is 18.2 Å². The lowest BCUT2D eigenvalue weighted by Gasteiger charge is -2.16. The van der Waals surface area contributed by atoms with Gasteiger partial charge in [0.15, 0.2) is 0 Å². The van der Waals surface area contributed by atoms with Gasteiger partial charge in [0.25, 0.3) is 10.2 Å². The molecule has 1 aliphatic heterocycles. The third-order valence-corrected chi connectivity index (χ3v) is 5.17. The van der Waals surface area contributed by atoms with E-state index in [0.717, 1.165) is 0 Å². The van der Waals surface area contributed by atoms with Gasteiger partial charge in [0.05, 0.1) is 16.6 Å². The van der Waals surface area contributed by atoms with Crippen LogP contribution < -0.4 is 9.46 Å². The van der Waals surface area contributed by atoms with Gasteiger partial charge in [-0.05, 0) is 18.6 Å². The van der Waals surface area contributed by atoms with E-state index in [2.05, 4.69) is 4.72 Å². The minimum atomic E-state index is -3.38. The van der Waals surface area contributed by atoms with Gasteiger partial charge in [0, 0.05) is 19.7 Å². The summed E-state index contributed by atoms with van der Waals surface area (Å²) >= 11 is 11.7. The Kier molecular flexibility index (Phi) is 4.58. The molecule has 0 aliphatic carbocycles. The maximum absolute atomic E-state index is 11.6. The first-order chi connectivity index (χ1) is 8.92. The minimum absolute atomic E-state index is 0.180. The molecule has 2 rings (SSSR count). The van der Waals surface area contributed by atoms with Crippen molar-refractivity contribution < 1.29 is 13.2 Å². The summed E-state index contributed by atoms with van der Waals surface area (Å²) in [5, 5.41) is 0.872. The Hall–Kier alpha value is -0.530. The first kappa shape index (κ1) is 14.9. The van der Waals surface area contributed by atoms with Gasteiger partial charge in [-0.1, -0.05) is 23.2 Å². The fourth-order valence-corrected chi connectivity index (χ4v) is 3.14. The number of rotatable bonds is 4. The van der Waals surface area contributed by atoms with Crippen LogP contribution in [0.4, 0.5) is 0 Å². The second-order valence-electron chi connectivity index (χ2n) is 4.17. The molecule has 1 aromatic rings. The van der Waals surface area contributed by atoms with Crippen molar-refractivity contribution in [3.63, 3.8) is 0 Å². The lowest BCUT2D eigenvalue weighted by Crippen LogP contribution is -2.38. The molecule has 1 aromatic carbocycles. The highest BCUT2D eigenvalue weighted by Gasteiger charge is 2.31. The summed E-state index contributed by atoms with van der Waals surface area (Å²) in [6.07, 6.45) is 0.460. The van der Waals surface area contributed by atoms with Crippen LogP contribution in [0.1, 0.15) is 6.42 Å². The molecule has 0 bridgehead atoms. The minimum Gasteiger partial charge on any atom is -0.489 e. The molecule has 5 nitrogen and oxygen atoms in total. The number of hydrogen-bond donors (Lipinski definition) is 1. The molecule has 19 heavy (non-hydrogen) atoms. The van der Waals surface area contributed by atoms with Crippen molar-refractivity contribution in [3.05, 3.63) is 28.2 Å². The summed E-state index contributed by atoms with van der Waals surface area (Å²) in [4.78, 5) is 0. The Morgan fingerprint density at radius 1 is 1.37 bits per heavy atom. The highest BCUT2D eigenvalue weighted by atomic mass is 35.5. The van der Waals surface area contributed by atoms with Crippen LogP contribution in [0.15, 0.2) is 18.2 Å². The Morgan fingerprint density at radius 3 is 2.74 bits per heavy atom. The number of ether oxygens (including phenoxy) is 1. The van der Waals surface area contributed by atoms with Crippen molar-refractivity contribution in [3.8, 4) is 5.75 Å². The van der Waals surface area contributed by atoms with E-state index in [4.69, 9.17) is 27.9 Å². The van der Waals surface area contributed by atoms with Crippen LogP contribution in [-0.2, 0) is 10.2 Å². The molecule has 0 amide bonds. The Bertz CT molecular complexity index is 565. The molecule has 8 heteroatoms. The average molecular weight is 325 g/mol. The first-order valence-corrected chi connectivity index (χ1v) is 7.92. The van der Waals surface area contributed by atoms with Crippen LogP contribution >= 0.6 is 23.2 Å². The van der Waals surface area contributed by atoms with Gasteiger partial charge >= 0.3 is 0 Å². The molecule has 0 aromatic heterocycles. The monoisotopic (exact) mass is 324 g/mol. The highest BCUT2D eigenvalue weighted by Crippen LogP contribution is 2.28. The van der Waals surface area contributed by atoms with Crippen LogP contribution in [0.25, 0.3) is 0 Å². The van der Waals surface area contributed by atoms with Crippen LogP contribution in [0.3, 0.4) is 0 Å². The molecule has 106 valence electrons. The topological polar surface area (TPSA) is 58.6 Å². The third kappa shape index (κ3) is 3.52. The Balaban J connectivity index is 2.00. The summed E-state index contributed by atoms with van der Waals surface area (Å²) in [5.41, 5.74) is 0. The molecule has 0 saturated carbocycles. The van der Waals surface area contributed by atoms with Gasteiger partial charge in [-0.25, -0.2) is 4.72 Å². The Morgan fingerprint density at radius 2 is 2.11 bits per heavy atom. The average Bonchev–Trinajstić information content (AvgIpc) is 2.83. The lowest BCUT2D eigenvalue weighted by molar-refractivity contribution is 0.215. The van der Waals surface area contributed by atoms with Crippen molar-refractivity contribution in [1.82, 2.24) is 9.03 Å². The fraction of sp³-hybridized carbons (Fsp3) is 0.455. The highest BCUT2D eigenvalue weighted by molar-refractivity contribution is 7.87. The predicted molar refractivity (Wildman–Crippen MR) is 75.0 cm³/mol. The molecule has 1 fully saturated rings. The summed E-state index contributed by atoms with van der Waals surface area (Å²) < 4.78 is 32.6. The summed E-state index contributed by atoms with van der Waals surface area (Å²) in [6, 6.07) is 4.98. The van der Waals surface area contributed by atoms with E-state index < -0.39 is 10.2 Å². The smallest absolute Gasteiger partial charge is 0.279 e. The maximum Gasteiger partial charge on any atom is 0.279 e. The zero-order valence-corrected chi connectivity index (χ0v) is 12.6. The maximum atomic E-state index is 11.6. The normalized spacial score (nSPS) is 20.7. The van der Waals surface area contributed by atoms with E-state index in [-0.39, 0.29) is 6.10 Å². The molecule has 1 atom stereocenters. The fourth-order valence-electron chi connectivity index (χ4n) is 1.88. The number of benzene rings is 1. The van der Waals surface area contributed by atoms with Crippen molar-refractivity contribution in [1.29, 1.82) is 0 Å². The zero-order valence-electron chi connectivity index (χ0n) is 10.3. The molecule has 1 aliphatic rings. The quantitative estimate of drug-likeness (QED) is 0.920. The lowest BCUT2D eigenvalue weighted by atomic mass is 10.3. The first-order valence-electron chi connectivity index (χ1n) is 5.72. The number of halogens is 2. The molecular weight excluding hydrogens is 311 g/mol. The van der Waals surface area contributed by atoms with Crippen LogP contribution in [0.2, 0.25) is 10.0 Å². The molecule has 1 N–H and O–H groups in total. The number of nitrogens with zero attached hydrogens (tertiary/aromatic N) is 1. The van der Waals surface area contributed by atoms with E-state index in [0.29, 0.717) is 35.3 Å². The zero-order chi connectivity index (χ0) is 14.0. The van der Waals surface area contributed by atoms with Gasteiger partial charge in [-0.15, -0.1) is 0 Å². The SMILES string of the molecule is CNS(=O)(=O)N1CC[C@H](Oc2ccc(Cl)c(Cl)c2)C1. The predicted octanol–water partition coefficient (Wildman–Crippen LogP) is 1.91. The van der Waals surface area contributed by atoms with Crippen molar-refractivity contribution in [2.75, 3.05) is 20.1 Å². The Labute approximate surface area is 122 Å². The van der Waals surface area contributed by atoms with Gasteiger partial charge in [-0.2, -0.15) is 12.7 Å². The standard InChI is InChI=1S/C11H14Cl2N2O3S/c1-14-19(16,17)15-5-4-9(7-15)18-8-2-3-10(12)11(13)6-8/h2-3,6,9,14H,4-5,7H2,1H3/t9-/m0/s1.